The molecule has 1 aromatic rings. The number of rotatable bonds is 2. The standard InChI is InChI=1S/C12H19NO2/c1-7(2)10-8(3)13(5)9(4)11(10)12(14)15-6/h7H,1-6H3. The van der Waals surface area contributed by atoms with E-state index in [1.165, 1.54) is 7.11 Å². The molecular formula is C12H19NO2. The smallest absolute Gasteiger partial charge is 0.339 e. The Balaban J connectivity index is 3.48. The van der Waals surface area contributed by atoms with Gasteiger partial charge in [0, 0.05) is 18.4 Å². The molecule has 0 aliphatic rings. The second-order valence-electron chi connectivity index (χ2n) is 4.16. The molecule has 3 nitrogen and oxygen atoms in total. The lowest BCUT2D eigenvalue weighted by atomic mass is 9.98. The first-order valence-electron chi connectivity index (χ1n) is 5.15. The lowest BCUT2D eigenvalue weighted by Crippen LogP contribution is -2.06. The van der Waals surface area contributed by atoms with Crippen LogP contribution < -0.4 is 0 Å². The van der Waals surface area contributed by atoms with Gasteiger partial charge in [-0.05, 0) is 25.3 Å². The number of methoxy groups -OCH3 is 1. The van der Waals surface area contributed by atoms with Gasteiger partial charge in [-0.1, -0.05) is 13.8 Å². The van der Waals surface area contributed by atoms with Gasteiger partial charge < -0.3 is 9.30 Å². The van der Waals surface area contributed by atoms with Crippen LogP contribution in [-0.2, 0) is 11.8 Å². The van der Waals surface area contributed by atoms with Crippen LogP contribution in [-0.4, -0.2) is 17.6 Å². The molecule has 0 atom stereocenters. The molecule has 0 N–H and O–H groups in total. The summed E-state index contributed by atoms with van der Waals surface area (Å²) >= 11 is 0. The Bertz CT molecular complexity index is 389. The van der Waals surface area contributed by atoms with E-state index in [9.17, 15) is 4.79 Å². The SMILES string of the molecule is COC(=O)c1c(C(C)C)c(C)n(C)c1C. The molecule has 0 bridgehead atoms. The van der Waals surface area contributed by atoms with E-state index in [2.05, 4.69) is 13.8 Å². The van der Waals surface area contributed by atoms with Crippen LogP contribution in [0.3, 0.4) is 0 Å². The van der Waals surface area contributed by atoms with Crippen LogP contribution in [0, 0.1) is 13.8 Å². The highest BCUT2D eigenvalue weighted by Crippen LogP contribution is 2.28. The molecule has 0 unspecified atom stereocenters. The van der Waals surface area contributed by atoms with Crippen LogP contribution in [0.25, 0.3) is 0 Å². The maximum Gasteiger partial charge on any atom is 0.339 e. The quantitative estimate of drug-likeness (QED) is 0.701. The zero-order chi connectivity index (χ0) is 11.7. The zero-order valence-corrected chi connectivity index (χ0v) is 10.3. The van der Waals surface area contributed by atoms with E-state index in [1.54, 1.807) is 0 Å². The molecule has 3 heteroatoms. The largest absolute Gasteiger partial charge is 0.465 e. The molecule has 0 aliphatic heterocycles. The maximum atomic E-state index is 11.7. The predicted octanol–water partition coefficient (Wildman–Crippen LogP) is 2.55. The zero-order valence-electron chi connectivity index (χ0n) is 10.3. The van der Waals surface area contributed by atoms with Gasteiger partial charge in [-0.3, -0.25) is 0 Å². The van der Waals surface area contributed by atoms with Crippen LogP contribution in [0.15, 0.2) is 0 Å². The summed E-state index contributed by atoms with van der Waals surface area (Å²) in [5.41, 5.74) is 3.94. The third-order valence-electron chi connectivity index (χ3n) is 2.99. The van der Waals surface area contributed by atoms with Crippen LogP contribution in [0.5, 0.6) is 0 Å². The van der Waals surface area contributed by atoms with Gasteiger partial charge in [-0.2, -0.15) is 0 Å². The molecule has 84 valence electrons. The highest BCUT2D eigenvalue weighted by atomic mass is 16.5. The van der Waals surface area contributed by atoms with Crippen LogP contribution in [0.4, 0.5) is 0 Å². The number of nitrogens with zero attached hydrogens (tertiary/aromatic N) is 1. The van der Waals surface area contributed by atoms with Gasteiger partial charge in [0.2, 0.25) is 0 Å². The van der Waals surface area contributed by atoms with Gasteiger partial charge in [0.1, 0.15) is 0 Å². The summed E-state index contributed by atoms with van der Waals surface area (Å²) in [4.78, 5) is 11.7. The van der Waals surface area contributed by atoms with Gasteiger partial charge in [0.25, 0.3) is 0 Å². The van der Waals surface area contributed by atoms with Gasteiger partial charge in [-0.15, -0.1) is 0 Å². The van der Waals surface area contributed by atoms with Crippen molar-refractivity contribution in [2.45, 2.75) is 33.6 Å². The molecule has 0 aliphatic carbocycles. The first-order valence-corrected chi connectivity index (χ1v) is 5.15. The highest BCUT2D eigenvalue weighted by molar-refractivity contribution is 5.93. The van der Waals surface area contributed by atoms with E-state index in [0.717, 1.165) is 22.5 Å². The average Bonchev–Trinajstić information content (AvgIpc) is 2.41. The first kappa shape index (κ1) is 11.8. The second-order valence-corrected chi connectivity index (χ2v) is 4.16. The summed E-state index contributed by atoms with van der Waals surface area (Å²) in [7, 11) is 3.40. The summed E-state index contributed by atoms with van der Waals surface area (Å²) in [6.07, 6.45) is 0. The Morgan fingerprint density at radius 3 is 2.20 bits per heavy atom. The highest BCUT2D eigenvalue weighted by Gasteiger charge is 2.23. The second kappa shape index (κ2) is 4.09. The topological polar surface area (TPSA) is 31.2 Å². The molecule has 0 radical (unpaired) electrons. The van der Waals surface area contributed by atoms with Gasteiger partial charge in [0.15, 0.2) is 0 Å². The van der Waals surface area contributed by atoms with Crippen LogP contribution in [0.2, 0.25) is 0 Å². The van der Waals surface area contributed by atoms with E-state index in [0.29, 0.717) is 5.92 Å². The lowest BCUT2D eigenvalue weighted by Gasteiger charge is -2.07. The van der Waals surface area contributed by atoms with Crippen LogP contribution >= 0.6 is 0 Å². The van der Waals surface area contributed by atoms with Crippen molar-refractivity contribution in [2.75, 3.05) is 7.11 Å². The molecule has 0 saturated carbocycles. The van der Waals surface area contributed by atoms with Crippen molar-refractivity contribution in [1.82, 2.24) is 4.57 Å². The number of carbonyl (C=O) groups is 1. The lowest BCUT2D eigenvalue weighted by molar-refractivity contribution is 0.0598. The van der Waals surface area contributed by atoms with Gasteiger partial charge >= 0.3 is 5.97 Å². The average molecular weight is 209 g/mol. The minimum absolute atomic E-state index is 0.236. The van der Waals surface area contributed by atoms with E-state index in [4.69, 9.17) is 4.74 Å². The fourth-order valence-electron chi connectivity index (χ4n) is 2.04. The predicted molar refractivity (Wildman–Crippen MR) is 60.3 cm³/mol. The van der Waals surface area contributed by atoms with E-state index < -0.39 is 0 Å². The van der Waals surface area contributed by atoms with Crippen molar-refractivity contribution >= 4 is 5.97 Å². The monoisotopic (exact) mass is 209 g/mol. The Morgan fingerprint density at radius 1 is 1.27 bits per heavy atom. The molecule has 0 amide bonds. The molecule has 1 aromatic heterocycles. The minimum Gasteiger partial charge on any atom is -0.465 e. The van der Waals surface area contributed by atoms with E-state index in [-0.39, 0.29) is 5.97 Å². The number of hydrogen-bond donors (Lipinski definition) is 0. The fraction of sp³-hybridized carbons (Fsp3) is 0.583. The van der Waals surface area contributed by atoms with Crippen molar-refractivity contribution in [1.29, 1.82) is 0 Å². The summed E-state index contributed by atoms with van der Waals surface area (Å²) in [6, 6.07) is 0. The van der Waals surface area contributed by atoms with Crippen molar-refractivity contribution in [3.05, 3.63) is 22.5 Å². The molecule has 1 heterocycles. The van der Waals surface area contributed by atoms with Gasteiger partial charge in [0.05, 0.1) is 12.7 Å². The third-order valence-corrected chi connectivity index (χ3v) is 2.99. The minimum atomic E-state index is -0.236. The Morgan fingerprint density at radius 2 is 1.80 bits per heavy atom. The number of ether oxygens (including phenoxy) is 1. The fourth-order valence-corrected chi connectivity index (χ4v) is 2.04. The Kier molecular flexibility index (Phi) is 3.22. The number of carbonyl (C=O) groups excluding carboxylic acids is 1. The van der Waals surface area contributed by atoms with Crippen molar-refractivity contribution in [3.63, 3.8) is 0 Å². The molecule has 0 aromatic carbocycles. The van der Waals surface area contributed by atoms with E-state index in [1.807, 2.05) is 25.5 Å². The molecule has 0 saturated heterocycles. The number of hydrogen-bond acceptors (Lipinski definition) is 2. The van der Waals surface area contributed by atoms with Gasteiger partial charge in [-0.25, -0.2) is 4.79 Å². The van der Waals surface area contributed by atoms with Crippen LogP contribution in [0.1, 0.15) is 47.1 Å². The third kappa shape index (κ3) is 1.78. The molecular weight excluding hydrogens is 190 g/mol. The molecule has 15 heavy (non-hydrogen) atoms. The normalized spacial score (nSPS) is 10.9. The number of aromatic nitrogens is 1. The van der Waals surface area contributed by atoms with Crippen molar-refractivity contribution in [3.8, 4) is 0 Å². The van der Waals surface area contributed by atoms with Crippen molar-refractivity contribution in [2.24, 2.45) is 7.05 Å². The summed E-state index contributed by atoms with van der Waals surface area (Å²) in [5.74, 6) is 0.0962. The summed E-state index contributed by atoms with van der Waals surface area (Å²) in [6.45, 7) is 8.17. The summed E-state index contributed by atoms with van der Waals surface area (Å²) < 4.78 is 6.87. The number of esters is 1. The first-order chi connectivity index (χ1) is 6.91. The molecule has 1 rings (SSSR count). The molecule has 0 fully saturated rings. The Labute approximate surface area is 91.0 Å². The Hall–Kier alpha value is -1.25. The molecule has 0 spiro atoms. The summed E-state index contributed by atoms with van der Waals surface area (Å²) in [5, 5.41) is 0. The van der Waals surface area contributed by atoms with E-state index >= 15 is 0 Å². The van der Waals surface area contributed by atoms with Crippen molar-refractivity contribution < 1.29 is 9.53 Å². The maximum absolute atomic E-state index is 11.7.